The van der Waals surface area contributed by atoms with Gasteiger partial charge in [0.15, 0.2) is 6.29 Å². The summed E-state index contributed by atoms with van der Waals surface area (Å²) in [4.78, 5) is 17.4. The Morgan fingerprint density at radius 3 is 2.51 bits per heavy atom. The Morgan fingerprint density at radius 1 is 1.21 bits per heavy atom. The van der Waals surface area contributed by atoms with Gasteiger partial charge in [0.25, 0.3) is 15.9 Å². The number of nitrogens with zero attached hydrogens (tertiary/aromatic N) is 2. The third-order valence-electron chi connectivity index (χ3n) is 5.68. The number of benzene rings is 2. The number of imidazole rings is 1. The first-order valence-corrected chi connectivity index (χ1v) is 13.9. The van der Waals surface area contributed by atoms with E-state index >= 15 is 0 Å². The number of hydrogen-bond donors (Lipinski definition) is 2. The maximum Gasteiger partial charge on any atom is 0.449 e. The molecule has 39 heavy (non-hydrogen) atoms. The van der Waals surface area contributed by atoms with Crippen LogP contribution in [0.1, 0.15) is 29.2 Å². The lowest BCUT2D eigenvalue weighted by atomic mass is 10.2. The van der Waals surface area contributed by atoms with E-state index in [2.05, 4.69) is 26.2 Å². The van der Waals surface area contributed by atoms with Crippen molar-refractivity contribution >= 4 is 43.2 Å². The fourth-order valence-corrected chi connectivity index (χ4v) is 5.78. The number of aromatic amines is 1. The number of alkyl halides is 3. The van der Waals surface area contributed by atoms with Crippen molar-refractivity contribution in [3.8, 4) is 5.75 Å². The predicted octanol–water partition coefficient (Wildman–Crippen LogP) is 4.80. The SMILES string of the molecule is COc1ccc(NC(=O)c2cnc(C(F)(F)F)[nH]2)cc1S(=O)(=O)N(CCCC1OCCO1)c1ccc(Br)cc1. The standard InChI is InChI=1S/C24H24BrF3N4O6S/c1-36-19-9-6-16(30-22(33)18-14-29-23(31-18)24(26,27)28)13-20(19)39(34,35)32(17-7-4-15(25)5-8-17)10-2-3-21-37-11-12-38-21/h4-9,13-14,21H,2-3,10-12H2,1H3,(H,29,31)(H,30,33). The van der Waals surface area contributed by atoms with Crippen LogP contribution in [-0.4, -0.2) is 57.5 Å². The average molecular weight is 633 g/mol. The highest BCUT2D eigenvalue weighted by Crippen LogP contribution is 2.33. The maximum absolute atomic E-state index is 14.0. The second-order valence-electron chi connectivity index (χ2n) is 8.33. The molecule has 15 heteroatoms. The molecule has 0 bridgehead atoms. The summed E-state index contributed by atoms with van der Waals surface area (Å²) in [6.07, 6.45) is -3.54. The van der Waals surface area contributed by atoms with Gasteiger partial charge in [-0.1, -0.05) is 15.9 Å². The van der Waals surface area contributed by atoms with Crippen LogP contribution in [0.3, 0.4) is 0 Å². The molecule has 10 nitrogen and oxygen atoms in total. The third kappa shape index (κ3) is 6.90. The number of nitrogens with one attached hydrogen (secondary N) is 2. The summed E-state index contributed by atoms with van der Waals surface area (Å²) in [7, 11) is -2.95. The summed E-state index contributed by atoms with van der Waals surface area (Å²) < 4.78 is 84.6. The van der Waals surface area contributed by atoms with Crippen molar-refractivity contribution in [3.63, 3.8) is 0 Å². The van der Waals surface area contributed by atoms with E-state index in [1.165, 1.54) is 29.6 Å². The van der Waals surface area contributed by atoms with Gasteiger partial charge >= 0.3 is 6.18 Å². The largest absolute Gasteiger partial charge is 0.495 e. The lowest BCUT2D eigenvalue weighted by Gasteiger charge is -2.26. The van der Waals surface area contributed by atoms with Gasteiger partial charge in [0, 0.05) is 23.1 Å². The zero-order valence-corrected chi connectivity index (χ0v) is 22.9. The van der Waals surface area contributed by atoms with E-state index in [-0.39, 0.29) is 22.9 Å². The quantitative estimate of drug-likeness (QED) is 0.329. The molecule has 1 saturated heterocycles. The van der Waals surface area contributed by atoms with Crippen molar-refractivity contribution in [1.29, 1.82) is 0 Å². The summed E-state index contributed by atoms with van der Waals surface area (Å²) in [5.41, 5.74) is -0.0403. The van der Waals surface area contributed by atoms with Crippen LogP contribution >= 0.6 is 15.9 Å². The van der Waals surface area contributed by atoms with Crippen LogP contribution in [0.25, 0.3) is 0 Å². The van der Waals surface area contributed by atoms with Gasteiger partial charge in [0.1, 0.15) is 16.3 Å². The van der Waals surface area contributed by atoms with Crippen molar-refractivity contribution in [2.75, 3.05) is 36.5 Å². The average Bonchev–Trinajstić information content (AvgIpc) is 3.60. The van der Waals surface area contributed by atoms with Crippen LogP contribution in [0.15, 0.2) is 58.0 Å². The normalized spacial score (nSPS) is 14.4. The highest BCUT2D eigenvalue weighted by molar-refractivity contribution is 9.10. The van der Waals surface area contributed by atoms with Gasteiger partial charge in [0.05, 0.1) is 32.2 Å². The van der Waals surface area contributed by atoms with Gasteiger partial charge in [-0.05, 0) is 48.9 Å². The topological polar surface area (TPSA) is 123 Å². The molecule has 4 rings (SSSR count). The first kappa shape index (κ1) is 28.9. The van der Waals surface area contributed by atoms with Crippen LogP contribution in [0.4, 0.5) is 24.5 Å². The zero-order chi connectivity index (χ0) is 28.2. The molecule has 0 radical (unpaired) electrons. The van der Waals surface area contributed by atoms with Crippen LogP contribution in [-0.2, 0) is 25.7 Å². The lowest BCUT2D eigenvalue weighted by Crippen LogP contribution is -2.33. The Bertz CT molecular complexity index is 1410. The minimum atomic E-state index is -4.76. The lowest BCUT2D eigenvalue weighted by molar-refractivity contribution is -0.144. The molecule has 0 spiro atoms. The molecule has 0 saturated carbocycles. The van der Waals surface area contributed by atoms with Crippen LogP contribution < -0.4 is 14.4 Å². The molecule has 1 aliphatic rings. The third-order valence-corrected chi connectivity index (χ3v) is 8.06. The number of H-pyrrole nitrogens is 1. The zero-order valence-electron chi connectivity index (χ0n) is 20.5. The molecule has 3 aromatic rings. The number of carbonyl (C=O) groups excluding carboxylic acids is 1. The van der Waals surface area contributed by atoms with Crippen molar-refractivity contribution in [3.05, 3.63) is 64.7 Å². The number of rotatable bonds is 10. The van der Waals surface area contributed by atoms with E-state index in [1.807, 2.05) is 4.98 Å². The number of sulfonamides is 1. The number of carbonyl (C=O) groups is 1. The van der Waals surface area contributed by atoms with E-state index < -0.39 is 39.9 Å². The Morgan fingerprint density at radius 2 is 1.90 bits per heavy atom. The predicted molar refractivity (Wildman–Crippen MR) is 138 cm³/mol. The molecule has 0 atom stereocenters. The van der Waals surface area contributed by atoms with Crippen molar-refractivity contribution in [2.24, 2.45) is 0 Å². The Labute approximate surface area is 230 Å². The molecule has 1 fully saturated rings. The molecule has 1 aromatic heterocycles. The summed E-state index contributed by atoms with van der Waals surface area (Å²) in [5, 5.41) is 2.40. The maximum atomic E-state index is 14.0. The molecule has 210 valence electrons. The summed E-state index contributed by atoms with van der Waals surface area (Å²) in [6, 6.07) is 10.6. The van der Waals surface area contributed by atoms with Gasteiger partial charge in [0.2, 0.25) is 5.82 Å². The molecule has 1 aliphatic heterocycles. The number of hydrogen-bond acceptors (Lipinski definition) is 7. The summed E-state index contributed by atoms with van der Waals surface area (Å²) in [6.45, 7) is 1.04. The first-order chi connectivity index (χ1) is 18.5. The number of aromatic nitrogens is 2. The molecule has 2 heterocycles. The fraction of sp³-hybridized carbons (Fsp3) is 0.333. The van der Waals surface area contributed by atoms with E-state index in [9.17, 15) is 26.4 Å². The Hall–Kier alpha value is -3.14. The number of ether oxygens (including phenoxy) is 3. The van der Waals surface area contributed by atoms with E-state index in [4.69, 9.17) is 14.2 Å². The molecule has 2 aromatic carbocycles. The van der Waals surface area contributed by atoms with Gasteiger partial charge < -0.3 is 24.5 Å². The molecular formula is C24H24BrF3N4O6S. The minimum absolute atomic E-state index is 0.0125. The molecular weight excluding hydrogens is 609 g/mol. The molecule has 0 aliphatic carbocycles. The van der Waals surface area contributed by atoms with Crippen LogP contribution in [0.2, 0.25) is 0 Å². The van der Waals surface area contributed by atoms with Gasteiger partial charge in [-0.25, -0.2) is 13.4 Å². The second-order valence-corrected chi connectivity index (χ2v) is 11.1. The minimum Gasteiger partial charge on any atom is -0.495 e. The van der Waals surface area contributed by atoms with Gasteiger partial charge in [-0.15, -0.1) is 0 Å². The van der Waals surface area contributed by atoms with Crippen molar-refractivity contribution in [2.45, 2.75) is 30.2 Å². The fourth-order valence-electron chi connectivity index (χ4n) is 3.82. The summed E-state index contributed by atoms with van der Waals surface area (Å²) in [5.74, 6) is -2.25. The van der Waals surface area contributed by atoms with Gasteiger partial charge in [-0.2, -0.15) is 13.2 Å². The second kappa shape index (κ2) is 11.9. The summed E-state index contributed by atoms with van der Waals surface area (Å²) >= 11 is 3.34. The molecule has 2 N–H and O–H groups in total. The first-order valence-electron chi connectivity index (χ1n) is 11.6. The highest BCUT2D eigenvalue weighted by Gasteiger charge is 2.35. The smallest absolute Gasteiger partial charge is 0.449 e. The van der Waals surface area contributed by atoms with Crippen LogP contribution in [0.5, 0.6) is 5.75 Å². The number of halogens is 4. The number of anilines is 2. The monoisotopic (exact) mass is 632 g/mol. The van der Waals surface area contributed by atoms with Crippen molar-refractivity contribution in [1.82, 2.24) is 9.97 Å². The Kier molecular flexibility index (Phi) is 8.83. The van der Waals surface area contributed by atoms with E-state index in [0.29, 0.717) is 31.7 Å². The number of methoxy groups -OCH3 is 1. The van der Waals surface area contributed by atoms with Gasteiger partial charge in [-0.3, -0.25) is 9.10 Å². The van der Waals surface area contributed by atoms with Crippen molar-refractivity contribution < 1.29 is 40.6 Å². The molecule has 1 amide bonds. The Balaban J connectivity index is 1.62. The molecule has 0 unspecified atom stereocenters. The van der Waals surface area contributed by atoms with E-state index in [0.717, 1.165) is 10.7 Å². The number of amides is 1. The van der Waals surface area contributed by atoms with E-state index in [1.54, 1.807) is 24.3 Å². The highest BCUT2D eigenvalue weighted by atomic mass is 79.9. The van der Waals surface area contributed by atoms with Crippen LogP contribution in [0, 0.1) is 0 Å².